The maximum absolute atomic E-state index is 13.0. The maximum Gasteiger partial charge on any atom is 0.256 e. The highest BCUT2D eigenvalue weighted by Crippen LogP contribution is 2.34. The number of hydrogen-bond acceptors (Lipinski definition) is 4. The third-order valence-electron chi connectivity index (χ3n) is 4.00. The van der Waals surface area contributed by atoms with Gasteiger partial charge in [0.2, 0.25) is 5.91 Å². The molecule has 1 N–H and O–H groups in total. The van der Waals surface area contributed by atoms with E-state index in [1.165, 1.54) is 0 Å². The van der Waals surface area contributed by atoms with E-state index in [-0.39, 0.29) is 17.2 Å². The fourth-order valence-corrected chi connectivity index (χ4v) is 4.52. The van der Waals surface area contributed by atoms with Crippen molar-refractivity contribution in [2.75, 3.05) is 32.9 Å². The molecular weight excluding hydrogens is 381 g/mol. The highest BCUT2D eigenvalue weighted by molar-refractivity contribution is 8.00. The van der Waals surface area contributed by atoms with Crippen molar-refractivity contribution in [1.29, 1.82) is 0 Å². The van der Waals surface area contributed by atoms with Crippen LogP contribution in [0.25, 0.3) is 0 Å². The second-order valence-electron chi connectivity index (χ2n) is 6.14. The van der Waals surface area contributed by atoms with Crippen molar-refractivity contribution >= 4 is 46.8 Å². The van der Waals surface area contributed by atoms with Gasteiger partial charge in [-0.3, -0.25) is 9.59 Å². The summed E-state index contributed by atoms with van der Waals surface area (Å²) in [5, 5.41) is 3.66. The van der Waals surface area contributed by atoms with Gasteiger partial charge in [-0.15, -0.1) is 11.8 Å². The number of benzene rings is 1. The third kappa shape index (κ3) is 5.03. The van der Waals surface area contributed by atoms with Gasteiger partial charge in [0.05, 0.1) is 16.0 Å². The predicted octanol–water partition coefficient (Wildman–Crippen LogP) is 2.96. The average Bonchev–Trinajstić information content (AvgIpc) is 2.97. The SMILES string of the molecule is CC[C@@H]1SC[C@H](C(=O)NCCN(C)C)N1C(=O)c1ccc(Cl)cc1Cl. The molecule has 25 heavy (non-hydrogen) atoms. The Morgan fingerprint density at radius 3 is 2.68 bits per heavy atom. The minimum atomic E-state index is -0.489. The lowest BCUT2D eigenvalue weighted by Crippen LogP contribution is -2.50. The summed E-state index contributed by atoms with van der Waals surface area (Å²) in [7, 11) is 3.89. The summed E-state index contributed by atoms with van der Waals surface area (Å²) in [6, 6.07) is 4.31. The van der Waals surface area contributed by atoms with Crippen LogP contribution in [0.15, 0.2) is 18.2 Å². The minimum Gasteiger partial charge on any atom is -0.353 e. The van der Waals surface area contributed by atoms with Crippen LogP contribution in [0.2, 0.25) is 10.0 Å². The number of carbonyl (C=O) groups is 2. The van der Waals surface area contributed by atoms with Crippen LogP contribution in [0.3, 0.4) is 0 Å². The van der Waals surface area contributed by atoms with Gasteiger partial charge in [-0.25, -0.2) is 0 Å². The maximum atomic E-state index is 13.0. The molecule has 1 aromatic rings. The lowest BCUT2D eigenvalue weighted by molar-refractivity contribution is -0.124. The van der Waals surface area contributed by atoms with E-state index in [2.05, 4.69) is 5.32 Å². The molecule has 0 spiro atoms. The number of likely N-dealkylation sites (N-methyl/N-ethyl adjacent to an activating group) is 1. The molecule has 5 nitrogen and oxygen atoms in total. The number of rotatable bonds is 6. The summed E-state index contributed by atoms with van der Waals surface area (Å²) >= 11 is 13.7. The molecule has 138 valence electrons. The number of thioether (sulfide) groups is 1. The molecule has 8 heteroatoms. The Morgan fingerprint density at radius 1 is 1.36 bits per heavy atom. The molecule has 0 radical (unpaired) electrons. The largest absolute Gasteiger partial charge is 0.353 e. The summed E-state index contributed by atoms with van der Waals surface area (Å²) in [5.41, 5.74) is 0.373. The Kier molecular flexibility index (Phi) is 7.43. The van der Waals surface area contributed by atoms with Crippen molar-refractivity contribution in [2.45, 2.75) is 24.8 Å². The Morgan fingerprint density at radius 2 is 2.08 bits per heavy atom. The van der Waals surface area contributed by atoms with Crippen molar-refractivity contribution in [2.24, 2.45) is 0 Å². The van der Waals surface area contributed by atoms with E-state index < -0.39 is 6.04 Å². The molecule has 0 saturated carbocycles. The van der Waals surface area contributed by atoms with Gasteiger partial charge in [-0.1, -0.05) is 30.1 Å². The molecule has 1 fully saturated rings. The molecule has 1 aliphatic rings. The fraction of sp³-hybridized carbons (Fsp3) is 0.529. The van der Waals surface area contributed by atoms with Crippen molar-refractivity contribution in [3.8, 4) is 0 Å². The van der Waals surface area contributed by atoms with E-state index in [9.17, 15) is 9.59 Å². The average molecular weight is 404 g/mol. The number of nitrogens with one attached hydrogen (secondary N) is 1. The van der Waals surface area contributed by atoms with Gasteiger partial charge < -0.3 is 15.1 Å². The minimum absolute atomic E-state index is 0.0381. The molecule has 1 saturated heterocycles. The van der Waals surface area contributed by atoms with E-state index >= 15 is 0 Å². The molecule has 0 aliphatic carbocycles. The van der Waals surface area contributed by atoms with Gasteiger partial charge >= 0.3 is 0 Å². The molecule has 2 atom stereocenters. The molecule has 0 aromatic heterocycles. The Labute approximate surface area is 163 Å². The Hall–Kier alpha value is -0.950. The quantitative estimate of drug-likeness (QED) is 0.792. The monoisotopic (exact) mass is 403 g/mol. The number of carbonyl (C=O) groups excluding carboxylic acids is 2. The highest BCUT2D eigenvalue weighted by atomic mass is 35.5. The van der Waals surface area contributed by atoms with E-state index in [0.29, 0.717) is 27.9 Å². The van der Waals surface area contributed by atoms with Gasteiger partial charge in [0, 0.05) is 23.9 Å². The van der Waals surface area contributed by atoms with Crippen molar-refractivity contribution in [3.05, 3.63) is 33.8 Å². The fourth-order valence-electron chi connectivity index (χ4n) is 2.67. The summed E-state index contributed by atoms with van der Waals surface area (Å²) in [4.78, 5) is 29.3. The van der Waals surface area contributed by atoms with Gasteiger partial charge in [0.1, 0.15) is 6.04 Å². The second kappa shape index (κ2) is 9.12. The molecule has 0 bridgehead atoms. The molecule has 1 heterocycles. The van der Waals surface area contributed by atoms with E-state index in [4.69, 9.17) is 23.2 Å². The van der Waals surface area contributed by atoms with Crippen LogP contribution >= 0.6 is 35.0 Å². The first kappa shape index (κ1) is 20.4. The number of hydrogen-bond donors (Lipinski definition) is 1. The van der Waals surface area contributed by atoms with Crippen LogP contribution in [-0.4, -0.2) is 66.0 Å². The van der Waals surface area contributed by atoms with E-state index in [1.54, 1.807) is 34.9 Å². The predicted molar refractivity (Wildman–Crippen MR) is 105 cm³/mol. The summed E-state index contributed by atoms with van der Waals surface area (Å²) in [5.74, 6) is 0.235. The first-order valence-electron chi connectivity index (χ1n) is 8.17. The van der Waals surface area contributed by atoms with E-state index in [1.807, 2.05) is 25.9 Å². The third-order valence-corrected chi connectivity index (χ3v) is 6.00. The normalized spacial score (nSPS) is 20.2. The smallest absolute Gasteiger partial charge is 0.256 e. The molecule has 2 amide bonds. The van der Waals surface area contributed by atoms with E-state index in [0.717, 1.165) is 13.0 Å². The van der Waals surface area contributed by atoms with Crippen LogP contribution in [0.5, 0.6) is 0 Å². The Bertz CT molecular complexity index is 642. The van der Waals surface area contributed by atoms with Gasteiger partial charge in [-0.05, 0) is 38.7 Å². The molecule has 0 unspecified atom stereocenters. The van der Waals surface area contributed by atoms with Gasteiger partial charge in [-0.2, -0.15) is 0 Å². The number of nitrogens with zero attached hydrogens (tertiary/aromatic N) is 2. The topological polar surface area (TPSA) is 52.7 Å². The van der Waals surface area contributed by atoms with Crippen LogP contribution < -0.4 is 5.32 Å². The summed E-state index contributed by atoms with van der Waals surface area (Å²) in [6.07, 6.45) is 0.767. The van der Waals surface area contributed by atoms with Crippen molar-refractivity contribution in [3.63, 3.8) is 0 Å². The highest BCUT2D eigenvalue weighted by Gasteiger charge is 2.41. The Balaban J connectivity index is 2.18. The van der Waals surface area contributed by atoms with Crippen LogP contribution in [-0.2, 0) is 4.79 Å². The number of halogens is 2. The number of amides is 2. The lowest BCUT2D eigenvalue weighted by atomic mass is 10.1. The summed E-state index contributed by atoms with van der Waals surface area (Å²) < 4.78 is 0. The standard InChI is InChI=1S/C17H23Cl2N3O2S/c1-4-15-22(17(24)12-6-5-11(18)9-13(12)19)14(10-25-15)16(23)20-7-8-21(2)3/h5-6,9,14-15H,4,7-8,10H2,1-3H3,(H,20,23)/t14-,15+/m1/s1. The van der Waals surface area contributed by atoms with Crippen molar-refractivity contribution in [1.82, 2.24) is 15.1 Å². The zero-order valence-electron chi connectivity index (χ0n) is 14.6. The zero-order chi connectivity index (χ0) is 18.6. The van der Waals surface area contributed by atoms with Crippen LogP contribution in [0, 0.1) is 0 Å². The first-order chi connectivity index (χ1) is 11.8. The summed E-state index contributed by atoms with van der Waals surface area (Å²) in [6.45, 7) is 3.31. The van der Waals surface area contributed by atoms with Crippen LogP contribution in [0.1, 0.15) is 23.7 Å². The second-order valence-corrected chi connectivity index (χ2v) is 8.20. The van der Waals surface area contributed by atoms with Gasteiger partial charge in [0.25, 0.3) is 5.91 Å². The molecule has 1 aliphatic heterocycles. The van der Waals surface area contributed by atoms with Gasteiger partial charge in [0.15, 0.2) is 0 Å². The molecular formula is C17H23Cl2N3O2S. The van der Waals surface area contributed by atoms with Crippen LogP contribution in [0.4, 0.5) is 0 Å². The zero-order valence-corrected chi connectivity index (χ0v) is 16.9. The lowest BCUT2D eigenvalue weighted by Gasteiger charge is -2.28. The van der Waals surface area contributed by atoms with Crippen molar-refractivity contribution < 1.29 is 9.59 Å². The molecule has 1 aromatic carbocycles. The molecule has 2 rings (SSSR count). The first-order valence-corrected chi connectivity index (χ1v) is 9.97.